The van der Waals surface area contributed by atoms with Crippen LogP contribution in [-0.2, 0) is 0 Å². The SMILES string of the molecule is CCCCCCCCCC(=O)c1ccc(Br)cc1Br. The van der Waals surface area contributed by atoms with Gasteiger partial charge in [-0.1, -0.05) is 77.3 Å². The quantitative estimate of drug-likeness (QED) is 0.346. The van der Waals surface area contributed by atoms with Gasteiger partial charge in [-0.05, 0) is 24.6 Å². The summed E-state index contributed by atoms with van der Waals surface area (Å²) in [7, 11) is 0. The first-order valence-corrected chi connectivity index (χ1v) is 8.72. The molecule has 106 valence electrons. The molecule has 0 spiro atoms. The molecule has 0 unspecified atom stereocenters. The summed E-state index contributed by atoms with van der Waals surface area (Å²) in [6.45, 7) is 2.23. The molecule has 0 aliphatic heterocycles. The van der Waals surface area contributed by atoms with Crippen LogP contribution >= 0.6 is 31.9 Å². The van der Waals surface area contributed by atoms with E-state index < -0.39 is 0 Å². The van der Waals surface area contributed by atoms with Crippen LogP contribution in [0.2, 0.25) is 0 Å². The number of rotatable bonds is 9. The second-order valence-electron chi connectivity index (χ2n) is 4.92. The molecule has 0 aromatic heterocycles. The van der Waals surface area contributed by atoms with Gasteiger partial charge < -0.3 is 0 Å². The zero-order valence-electron chi connectivity index (χ0n) is 11.6. The summed E-state index contributed by atoms with van der Waals surface area (Å²) in [5.41, 5.74) is 0.800. The maximum absolute atomic E-state index is 12.1. The largest absolute Gasteiger partial charge is 0.294 e. The molecular weight excluding hydrogens is 368 g/mol. The molecule has 1 aromatic carbocycles. The minimum atomic E-state index is 0.243. The minimum Gasteiger partial charge on any atom is -0.294 e. The van der Waals surface area contributed by atoms with Gasteiger partial charge in [0.05, 0.1) is 0 Å². The molecule has 0 N–H and O–H groups in total. The standard InChI is InChI=1S/C16H22Br2O/c1-2-3-4-5-6-7-8-9-16(19)14-11-10-13(17)12-15(14)18/h10-12H,2-9H2,1H3. The second kappa shape index (κ2) is 9.71. The lowest BCUT2D eigenvalue weighted by Gasteiger charge is -2.04. The van der Waals surface area contributed by atoms with E-state index in [4.69, 9.17) is 0 Å². The first-order chi connectivity index (χ1) is 9.15. The van der Waals surface area contributed by atoms with Crippen molar-refractivity contribution >= 4 is 37.6 Å². The van der Waals surface area contributed by atoms with Gasteiger partial charge >= 0.3 is 0 Å². The Labute approximate surface area is 133 Å². The molecule has 0 amide bonds. The van der Waals surface area contributed by atoms with Gasteiger partial charge in [-0.3, -0.25) is 4.79 Å². The van der Waals surface area contributed by atoms with Crippen LogP contribution in [0.25, 0.3) is 0 Å². The zero-order valence-corrected chi connectivity index (χ0v) is 14.7. The van der Waals surface area contributed by atoms with E-state index in [0.29, 0.717) is 6.42 Å². The number of benzene rings is 1. The van der Waals surface area contributed by atoms with Gasteiger partial charge in [-0.15, -0.1) is 0 Å². The molecule has 0 fully saturated rings. The summed E-state index contributed by atoms with van der Waals surface area (Å²) in [6, 6.07) is 5.73. The Hall–Kier alpha value is -0.150. The summed E-state index contributed by atoms with van der Waals surface area (Å²) >= 11 is 6.85. The van der Waals surface area contributed by atoms with Crippen molar-refractivity contribution in [3.63, 3.8) is 0 Å². The monoisotopic (exact) mass is 388 g/mol. The lowest BCUT2D eigenvalue weighted by atomic mass is 10.0. The van der Waals surface area contributed by atoms with Gasteiger partial charge in [0.15, 0.2) is 5.78 Å². The van der Waals surface area contributed by atoms with Gasteiger partial charge in [-0.25, -0.2) is 0 Å². The van der Waals surface area contributed by atoms with E-state index >= 15 is 0 Å². The van der Waals surface area contributed by atoms with Crippen LogP contribution < -0.4 is 0 Å². The van der Waals surface area contributed by atoms with E-state index in [-0.39, 0.29) is 5.78 Å². The molecule has 0 heterocycles. The summed E-state index contributed by atoms with van der Waals surface area (Å²) < 4.78 is 1.88. The van der Waals surface area contributed by atoms with E-state index in [9.17, 15) is 4.79 Å². The maximum atomic E-state index is 12.1. The molecule has 3 heteroatoms. The number of carbonyl (C=O) groups is 1. The fourth-order valence-corrected chi connectivity index (χ4v) is 3.36. The fourth-order valence-electron chi connectivity index (χ4n) is 2.09. The third-order valence-electron chi connectivity index (χ3n) is 3.24. The average Bonchev–Trinajstić information content (AvgIpc) is 2.37. The Morgan fingerprint density at radius 3 is 2.26 bits per heavy atom. The highest BCUT2D eigenvalue weighted by atomic mass is 79.9. The molecule has 0 saturated carbocycles. The van der Waals surface area contributed by atoms with E-state index in [1.165, 1.54) is 38.5 Å². The first-order valence-electron chi connectivity index (χ1n) is 7.13. The number of halogens is 2. The first kappa shape index (κ1) is 16.9. The van der Waals surface area contributed by atoms with Crippen molar-refractivity contribution in [2.45, 2.75) is 58.3 Å². The number of ketones is 1. The highest BCUT2D eigenvalue weighted by Crippen LogP contribution is 2.23. The predicted molar refractivity (Wildman–Crippen MR) is 88.8 cm³/mol. The highest BCUT2D eigenvalue weighted by molar-refractivity contribution is 9.11. The van der Waals surface area contributed by atoms with Crippen molar-refractivity contribution in [3.8, 4) is 0 Å². The molecule has 0 aliphatic rings. The second-order valence-corrected chi connectivity index (χ2v) is 6.69. The molecule has 0 atom stereocenters. The maximum Gasteiger partial charge on any atom is 0.164 e. The topological polar surface area (TPSA) is 17.1 Å². The van der Waals surface area contributed by atoms with Gasteiger partial charge in [0.2, 0.25) is 0 Å². The summed E-state index contributed by atoms with van der Waals surface area (Å²) in [5, 5.41) is 0. The Balaban J connectivity index is 2.24. The number of hydrogen-bond acceptors (Lipinski definition) is 1. The third-order valence-corrected chi connectivity index (χ3v) is 4.39. The summed E-state index contributed by atoms with van der Waals surface area (Å²) in [4.78, 5) is 12.1. The van der Waals surface area contributed by atoms with Crippen molar-refractivity contribution in [1.29, 1.82) is 0 Å². The molecule has 0 bridgehead atoms. The van der Waals surface area contributed by atoms with E-state index in [0.717, 1.165) is 20.9 Å². The number of carbonyl (C=O) groups excluding carboxylic acids is 1. The van der Waals surface area contributed by atoms with Crippen LogP contribution in [0.5, 0.6) is 0 Å². The molecule has 1 rings (SSSR count). The number of unbranched alkanes of at least 4 members (excludes halogenated alkanes) is 6. The number of hydrogen-bond donors (Lipinski definition) is 0. The molecule has 0 aliphatic carbocycles. The predicted octanol–water partition coefficient (Wildman–Crippen LogP) is 6.54. The Morgan fingerprint density at radius 1 is 1.00 bits per heavy atom. The summed E-state index contributed by atoms with van der Waals surface area (Å²) in [6.07, 6.45) is 9.37. The highest BCUT2D eigenvalue weighted by Gasteiger charge is 2.09. The van der Waals surface area contributed by atoms with E-state index in [1.54, 1.807) is 0 Å². The average molecular weight is 390 g/mol. The molecule has 19 heavy (non-hydrogen) atoms. The molecular formula is C16H22Br2O. The molecule has 1 aromatic rings. The zero-order chi connectivity index (χ0) is 14.1. The lowest BCUT2D eigenvalue weighted by molar-refractivity contribution is 0.0978. The Morgan fingerprint density at radius 2 is 1.63 bits per heavy atom. The van der Waals surface area contributed by atoms with Crippen LogP contribution in [-0.4, -0.2) is 5.78 Å². The van der Waals surface area contributed by atoms with Crippen molar-refractivity contribution in [2.24, 2.45) is 0 Å². The van der Waals surface area contributed by atoms with Crippen LogP contribution in [0.4, 0.5) is 0 Å². The van der Waals surface area contributed by atoms with Gasteiger partial charge in [0, 0.05) is 20.9 Å². The van der Waals surface area contributed by atoms with E-state index in [1.807, 2.05) is 18.2 Å². The Bertz CT molecular complexity index is 402. The van der Waals surface area contributed by atoms with Gasteiger partial charge in [0.25, 0.3) is 0 Å². The van der Waals surface area contributed by atoms with Crippen LogP contribution in [0.15, 0.2) is 27.1 Å². The van der Waals surface area contributed by atoms with Crippen molar-refractivity contribution in [1.82, 2.24) is 0 Å². The molecule has 0 saturated heterocycles. The van der Waals surface area contributed by atoms with Crippen molar-refractivity contribution < 1.29 is 4.79 Å². The fraction of sp³-hybridized carbons (Fsp3) is 0.562. The van der Waals surface area contributed by atoms with Crippen LogP contribution in [0.3, 0.4) is 0 Å². The smallest absolute Gasteiger partial charge is 0.164 e. The summed E-state index contributed by atoms with van der Waals surface area (Å²) in [5.74, 6) is 0.243. The normalized spacial score (nSPS) is 10.7. The molecule has 1 nitrogen and oxygen atoms in total. The van der Waals surface area contributed by atoms with Crippen LogP contribution in [0.1, 0.15) is 68.6 Å². The number of Topliss-reactive ketones (excluding diaryl/α,β-unsaturated/α-hetero) is 1. The van der Waals surface area contributed by atoms with Crippen LogP contribution in [0, 0.1) is 0 Å². The van der Waals surface area contributed by atoms with Gasteiger partial charge in [-0.2, -0.15) is 0 Å². The lowest BCUT2D eigenvalue weighted by Crippen LogP contribution is -2.00. The third kappa shape index (κ3) is 6.71. The van der Waals surface area contributed by atoms with Gasteiger partial charge in [0.1, 0.15) is 0 Å². The Kier molecular flexibility index (Phi) is 8.64. The minimum absolute atomic E-state index is 0.243. The van der Waals surface area contributed by atoms with Crippen molar-refractivity contribution in [3.05, 3.63) is 32.7 Å². The molecule has 0 radical (unpaired) electrons. The van der Waals surface area contributed by atoms with Crippen molar-refractivity contribution in [2.75, 3.05) is 0 Å². The van der Waals surface area contributed by atoms with E-state index in [2.05, 4.69) is 38.8 Å².